The fourth-order valence-electron chi connectivity index (χ4n) is 2.22. The van der Waals surface area contributed by atoms with Gasteiger partial charge in [0.2, 0.25) is 0 Å². The molecule has 114 valence electrons. The highest BCUT2D eigenvalue weighted by Gasteiger charge is 2.21. The van der Waals surface area contributed by atoms with Crippen LogP contribution in [0.4, 0.5) is 5.13 Å². The van der Waals surface area contributed by atoms with Crippen LogP contribution in [0.5, 0.6) is 0 Å². The Morgan fingerprint density at radius 2 is 2.00 bits per heavy atom. The third-order valence-electron chi connectivity index (χ3n) is 3.54. The number of anilines is 1. The second-order valence-corrected chi connectivity index (χ2v) is 7.15. The number of hydrogen-bond acceptors (Lipinski definition) is 4. The summed E-state index contributed by atoms with van der Waals surface area (Å²) in [6, 6.07) is 7.64. The lowest BCUT2D eigenvalue weighted by Gasteiger charge is -2.14. The Balaban J connectivity index is 1.87. The van der Waals surface area contributed by atoms with Crippen molar-refractivity contribution in [1.29, 1.82) is 0 Å². The predicted octanol–water partition coefficient (Wildman–Crippen LogP) is 4.75. The highest BCUT2D eigenvalue weighted by Crippen LogP contribution is 2.28. The summed E-state index contributed by atoms with van der Waals surface area (Å²) >= 11 is 1.43. The first-order valence-corrected chi connectivity index (χ1v) is 8.00. The molecule has 3 rings (SSSR count). The lowest BCUT2D eigenvalue weighted by Crippen LogP contribution is -2.14. The van der Waals surface area contributed by atoms with E-state index in [-0.39, 0.29) is 11.3 Å². The SMILES string of the molecule is Cc1c(C(=O)Nc2nc(C(C)(C)C)cs2)oc2ccccc12. The molecule has 0 aliphatic carbocycles. The Labute approximate surface area is 133 Å². The van der Waals surface area contributed by atoms with Gasteiger partial charge in [0, 0.05) is 21.7 Å². The van der Waals surface area contributed by atoms with E-state index in [9.17, 15) is 4.79 Å². The van der Waals surface area contributed by atoms with Crippen molar-refractivity contribution in [3.8, 4) is 0 Å². The highest BCUT2D eigenvalue weighted by atomic mass is 32.1. The van der Waals surface area contributed by atoms with Crippen LogP contribution in [-0.4, -0.2) is 10.9 Å². The van der Waals surface area contributed by atoms with E-state index < -0.39 is 0 Å². The maximum absolute atomic E-state index is 12.4. The third-order valence-corrected chi connectivity index (χ3v) is 4.30. The van der Waals surface area contributed by atoms with E-state index in [0.29, 0.717) is 10.9 Å². The molecule has 0 atom stereocenters. The number of rotatable bonds is 2. The predicted molar refractivity (Wildman–Crippen MR) is 89.7 cm³/mol. The first-order valence-electron chi connectivity index (χ1n) is 7.12. The molecule has 2 heterocycles. The minimum atomic E-state index is -0.261. The molecule has 0 radical (unpaired) electrons. The molecule has 2 aromatic heterocycles. The van der Waals surface area contributed by atoms with Gasteiger partial charge in [0.05, 0.1) is 5.69 Å². The lowest BCUT2D eigenvalue weighted by atomic mass is 9.93. The molecule has 4 nitrogen and oxygen atoms in total. The average molecular weight is 314 g/mol. The number of amides is 1. The molecule has 1 N–H and O–H groups in total. The number of thiazole rings is 1. The maximum Gasteiger partial charge on any atom is 0.293 e. The standard InChI is InChI=1S/C17H18N2O2S/c1-10-11-7-5-6-8-12(11)21-14(10)15(20)19-16-18-13(9-22-16)17(2,3)4/h5-9H,1-4H3,(H,18,19,20). The Morgan fingerprint density at radius 1 is 1.27 bits per heavy atom. The maximum atomic E-state index is 12.4. The molecular weight excluding hydrogens is 296 g/mol. The van der Waals surface area contributed by atoms with Crippen LogP contribution in [0.2, 0.25) is 0 Å². The van der Waals surface area contributed by atoms with E-state index in [4.69, 9.17) is 4.42 Å². The smallest absolute Gasteiger partial charge is 0.293 e. The van der Waals surface area contributed by atoms with Gasteiger partial charge < -0.3 is 4.42 Å². The molecule has 0 spiro atoms. The van der Waals surface area contributed by atoms with Crippen molar-refractivity contribution in [3.05, 3.63) is 46.7 Å². The van der Waals surface area contributed by atoms with Crippen molar-refractivity contribution in [2.45, 2.75) is 33.1 Å². The van der Waals surface area contributed by atoms with Gasteiger partial charge >= 0.3 is 0 Å². The molecule has 3 aromatic rings. The van der Waals surface area contributed by atoms with Crippen molar-refractivity contribution in [3.63, 3.8) is 0 Å². The molecule has 0 saturated heterocycles. The van der Waals surface area contributed by atoms with Gasteiger partial charge in [0.25, 0.3) is 5.91 Å². The lowest BCUT2D eigenvalue weighted by molar-refractivity contribution is 0.0998. The number of aryl methyl sites for hydroxylation is 1. The quantitative estimate of drug-likeness (QED) is 0.742. The van der Waals surface area contributed by atoms with Crippen LogP contribution in [0.25, 0.3) is 11.0 Å². The first kappa shape index (κ1) is 14.8. The molecule has 22 heavy (non-hydrogen) atoms. The number of fused-ring (bicyclic) bond motifs is 1. The van der Waals surface area contributed by atoms with Gasteiger partial charge in [0.1, 0.15) is 5.58 Å². The van der Waals surface area contributed by atoms with Gasteiger partial charge in [-0.15, -0.1) is 11.3 Å². The van der Waals surface area contributed by atoms with Gasteiger partial charge in [0.15, 0.2) is 10.9 Å². The van der Waals surface area contributed by atoms with Crippen molar-refractivity contribution in [2.75, 3.05) is 5.32 Å². The second kappa shape index (κ2) is 5.25. The molecule has 0 aliphatic heterocycles. The number of nitrogens with zero attached hydrogens (tertiary/aromatic N) is 1. The number of para-hydroxylation sites is 1. The van der Waals surface area contributed by atoms with E-state index in [1.165, 1.54) is 11.3 Å². The summed E-state index contributed by atoms with van der Waals surface area (Å²) < 4.78 is 5.67. The minimum absolute atomic E-state index is 0.0330. The van der Waals surface area contributed by atoms with E-state index in [1.807, 2.05) is 36.6 Å². The molecule has 1 aromatic carbocycles. The summed E-state index contributed by atoms with van der Waals surface area (Å²) in [6.07, 6.45) is 0. The monoisotopic (exact) mass is 314 g/mol. The second-order valence-electron chi connectivity index (χ2n) is 6.29. The van der Waals surface area contributed by atoms with Crippen LogP contribution >= 0.6 is 11.3 Å². The molecule has 0 unspecified atom stereocenters. The van der Waals surface area contributed by atoms with Crippen LogP contribution in [-0.2, 0) is 5.41 Å². The third kappa shape index (κ3) is 2.64. The number of carbonyl (C=O) groups excluding carboxylic acids is 1. The number of carbonyl (C=O) groups is 1. The largest absolute Gasteiger partial charge is 0.451 e. The van der Waals surface area contributed by atoms with Gasteiger partial charge in [-0.05, 0) is 13.0 Å². The number of benzene rings is 1. The normalized spacial score (nSPS) is 11.8. The Bertz CT molecular complexity index is 840. The zero-order chi connectivity index (χ0) is 15.9. The number of nitrogens with one attached hydrogen (secondary N) is 1. The van der Waals surface area contributed by atoms with Crippen LogP contribution in [0, 0.1) is 6.92 Å². The zero-order valence-corrected chi connectivity index (χ0v) is 13.9. The van der Waals surface area contributed by atoms with E-state index in [1.54, 1.807) is 0 Å². The number of furan rings is 1. The van der Waals surface area contributed by atoms with Crippen molar-refractivity contribution >= 4 is 33.3 Å². The Hall–Kier alpha value is -2.14. The zero-order valence-electron chi connectivity index (χ0n) is 13.1. The van der Waals surface area contributed by atoms with Gasteiger partial charge in [-0.25, -0.2) is 4.98 Å². The minimum Gasteiger partial charge on any atom is -0.451 e. The van der Waals surface area contributed by atoms with E-state index in [2.05, 4.69) is 31.1 Å². The molecule has 0 aliphatic rings. The summed E-state index contributed by atoms with van der Waals surface area (Å²) in [6.45, 7) is 8.17. The van der Waals surface area contributed by atoms with Crippen LogP contribution in [0.1, 0.15) is 42.6 Å². The average Bonchev–Trinajstić information content (AvgIpc) is 3.04. The first-order chi connectivity index (χ1) is 10.4. The Kier molecular flexibility index (Phi) is 3.53. The van der Waals surface area contributed by atoms with Crippen LogP contribution in [0.15, 0.2) is 34.1 Å². The number of aromatic nitrogens is 1. The van der Waals surface area contributed by atoms with Crippen molar-refractivity contribution < 1.29 is 9.21 Å². The van der Waals surface area contributed by atoms with Gasteiger partial charge in [-0.2, -0.15) is 0 Å². The van der Waals surface area contributed by atoms with Crippen molar-refractivity contribution in [1.82, 2.24) is 4.98 Å². The van der Waals surface area contributed by atoms with Crippen LogP contribution < -0.4 is 5.32 Å². The topological polar surface area (TPSA) is 55.1 Å². The van der Waals surface area contributed by atoms with Crippen molar-refractivity contribution in [2.24, 2.45) is 0 Å². The molecule has 1 amide bonds. The van der Waals surface area contributed by atoms with E-state index in [0.717, 1.165) is 22.2 Å². The molecule has 0 saturated carbocycles. The molecule has 0 bridgehead atoms. The summed E-state index contributed by atoms with van der Waals surface area (Å²) in [7, 11) is 0. The Morgan fingerprint density at radius 3 is 2.64 bits per heavy atom. The summed E-state index contributed by atoms with van der Waals surface area (Å²) in [5.41, 5.74) is 2.50. The number of hydrogen-bond donors (Lipinski definition) is 1. The molecule has 0 fully saturated rings. The van der Waals surface area contributed by atoms with Gasteiger partial charge in [-0.1, -0.05) is 39.0 Å². The fourth-order valence-corrected chi connectivity index (χ4v) is 3.15. The summed E-state index contributed by atoms with van der Waals surface area (Å²) in [5.74, 6) is 0.0808. The molecule has 5 heteroatoms. The summed E-state index contributed by atoms with van der Waals surface area (Å²) in [5, 5.41) is 6.35. The van der Waals surface area contributed by atoms with E-state index >= 15 is 0 Å². The van der Waals surface area contributed by atoms with Gasteiger partial charge in [-0.3, -0.25) is 10.1 Å². The molecular formula is C17H18N2O2S. The van der Waals surface area contributed by atoms with Crippen LogP contribution in [0.3, 0.4) is 0 Å². The summed E-state index contributed by atoms with van der Waals surface area (Å²) in [4.78, 5) is 16.9. The fraction of sp³-hybridized carbons (Fsp3) is 0.294. The highest BCUT2D eigenvalue weighted by molar-refractivity contribution is 7.14.